The van der Waals surface area contributed by atoms with E-state index >= 15 is 0 Å². The van der Waals surface area contributed by atoms with Gasteiger partial charge in [-0.3, -0.25) is 14.4 Å². The zero-order valence-corrected chi connectivity index (χ0v) is 19.1. The summed E-state index contributed by atoms with van der Waals surface area (Å²) in [5.41, 5.74) is 0.441. The van der Waals surface area contributed by atoms with Crippen molar-refractivity contribution in [2.75, 3.05) is 20.9 Å². The van der Waals surface area contributed by atoms with Crippen LogP contribution in [0, 0.1) is 0 Å². The fraction of sp³-hybridized carbons (Fsp3) is 0.524. The standard InChI is InChI=1S/C21H27BF2N2O8/c1-21(23,24)10-9-16(27)25-15-11-13-5-4-6-14(19(13)34-22(15)31)20(30)33-12-32-18(29)8-7-17(28)26(2)3/h4-6,15,31H,7-12H2,1-3H3,(H,25,27)/t15-/m0/s1. The van der Waals surface area contributed by atoms with Crippen LogP contribution in [0.2, 0.25) is 0 Å². The first-order chi connectivity index (χ1) is 15.9. The van der Waals surface area contributed by atoms with Crippen molar-refractivity contribution in [3.8, 4) is 5.75 Å². The number of nitrogens with zero attached hydrogens (tertiary/aromatic N) is 1. The normalized spacial score (nSPS) is 15.0. The van der Waals surface area contributed by atoms with Crippen molar-refractivity contribution in [3.05, 3.63) is 29.3 Å². The van der Waals surface area contributed by atoms with E-state index in [1.165, 1.54) is 17.0 Å². The second-order valence-corrected chi connectivity index (χ2v) is 8.10. The maximum atomic E-state index is 12.9. The number of carbonyl (C=O) groups is 4. The molecule has 2 rings (SSSR count). The van der Waals surface area contributed by atoms with Crippen LogP contribution in [0.25, 0.3) is 0 Å². The van der Waals surface area contributed by atoms with E-state index in [0.717, 1.165) is 0 Å². The third-order valence-electron chi connectivity index (χ3n) is 4.93. The highest BCUT2D eigenvalue weighted by molar-refractivity contribution is 6.47. The number of fused-ring (bicyclic) bond motifs is 1. The maximum absolute atomic E-state index is 12.9. The van der Waals surface area contributed by atoms with Crippen LogP contribution < -0.4 is 9.97 Å². The summed E-state index contributed by atoms with van der Waals surface area (Å²) in [6.07, 6.45) is -1.19. The van der Waals surface area contributed by atoms with Gasteiger partial charge >= 0.3 is 19.1 Å². The van der Waals surface area contributed by atoms with E-state index in [0.29, 0.717) is 12.5 Å². The molecular formula is C21H27BF2N2O8. The SMILES string of the molecule is CN(C)C(=O)CCC(=O)OCOC(=O)c1cccc2c1OB(O)[C@@H](NC(=O)CCC(C)(F)F)C2. The lowest BCUT2D eigenvalue weighted by Crippen LogP contribution is -2.53. The fourth-order valence-corrected chi connectivity index (χ4v) is 3.05. The molecule has 1 aliphatic rings. The predicted molar refractivity (Wildman–Crippen MR) is 115 cm³/mol. The van der Waals surface area contributed by atoms with Gasteiger partial charge in [-0.1, -0.05) is 12.1 Å². The molecule has 0 bridgehead atoms. The highest BCUT2D eigenvalue weighted by Gasteiger charge is 2.38. The number of alkyl halides is 2. The van der Waals surface area contributed by atoms with Crippen molar-refractivity contribution in [2.24, 2.45) is 0 Å². The minimum Gasteiger partial charge on any atom is -0.534 e. The van der Waals surface area contributed by atoms with E-state index in [1.807, 2.05) is 0 Å². The van der Waals surface area contributed by atoms with Gasteiger partial charge in [0.2, 0.25) is 24.5 Å². The average Bonchev–Trinajstić information content (AvgIpc) is 2.75. The average molecular weight is 484 g/mol. The van der Waals surface area contributed by atoms with E-state index in [1.54, 1.807) is 20.2 Å². The molecule has 1 heterocycles. The summed E-state index contributed by atoms with van der Waals surface area (Å²) >= 11 is 0. The summed E-state index contributed by atoms with van der Waals surface area (Å²) in [5, 5.41) is 12.7. The molecule has 0 aromatic heterocycles. The van der Waals surface area contributed by atoms with Gasteiger partial charge in [0.1, 0.15) is 11.3 Å². The number of amides is 2. The second-order valence-electron chi connectivity index (χ2n) is 8.10. The zero-order valence-electron chi connectivity index (χ0n) is 19.1. The van der Waals surface area contributed by atoms with Crippen molar-refractivity contribution in [1.29, 1.82) is 0 Å². The van der Waals surface area contributed by atoms with E-state index in [-0.39, 0.29) is 36.5 Å². The Balaban J connectivity index is 1.91. The number of benzene rings is 1. The lowest BCUT2D eigenvalue weighted by atomic mass is 9.72. The molecule has 186 valence electrons. The van der Waals surface area contributed by atoms with Crippen LogP contribution in [0.5, 0.6) is 5.75 Å². The molecule has 13 heteroatoms. The summed E-state index contributed by atoms with van der Waals surface area (Å²) in [6.45, 7) is 0.0313. The van der Waals surface area contributed by atoms with Gasteiger partial charge in [-0.25, -0.2) is 13.6 Å². The lowest BCUT2D eigenvalue weighted by molar-refractivity contribution is -0.153. The molecule has 0 spiro atoms. The van der Waals surface area contributed by atoms with Gasteiger partial charge in [0, 0.05) is 33.4 Å². The second kappa shape index (κ2) is 11.8. The first-order valence-corrected chi connectivity index (χ1v) is 10.5. The Bertz CT molecular complexity index is 923. The minimum absolute atomic E-state index is 0.0356. The molecule has 2 amide bonds. The predicted octanol–water partition coefficient (Wildman–Crippen LogP) is 1.09. The van der Waals surface area contributed by atoms with Crippen LogP contribution in [0.15, 0.2) is 18.2 Å². The van der Waals surface area contributed by atoms with Gasteiger partial charge in [0.05, 0.1) is 12.4 Å². The lowest BCUT2D eigenvalue weighted by Gasteiger charge is -2.29. The number of esters is 2. The first-order valence-electron chi connectivity index (χ1n) is 10.5. The Hall–Kier alpha value is -3.22. The van der Waals surface area contributed by atoms with Crippen LogP contribution in [0.4, 0.5) is 8.78 Å². The molecule has 0 radical (unpaired) electrons. The first kappa shape index (κ1) is 27.0. The molecule has 1 atom stereocenters. The van der Waals surface area contributed by atoms with Crippen molar-refractivity contribution < 1.29 is 47.1 Å². The monoisotopic (exact) mass is 484 g/mol. The van der Waals surface area contributed by atoms with Crippen LogP contribution in [-0.2, 0) is 30.3 Å². The van der Waals surface area contributed by atoms with Gasteiger partial charge in [-0.15, -0.1) is 0 Å². The Morgan fingerprint density at radius 3 is 2.56 bits per heavy atom. The highest BCUT2D eigenvalue weighted by atomic mass is 19.3. The summed E-state index contributed by atoms with van der Waals surface area (Å²) < 4.78 is 41.0. The van der Waals surface area contributed by atoms with Crippen LogP contribution >= 0.6 is 0 Å². The molecule has 2 N–H and O–H groups in total. The van der Waals surface area contributed by atoms with Crippen molar-refractivity contribution in [3.63, 3.8) is 0 Å². The Kier molecular flexibility index (Phi) is 9.36. The van der Waals surface area contributed by atoms with Gasteiger partial charge in [-0.2, -0.15) is 0 Å². The zero-order chi connectivity index (χ0) is 25.5. The number of rotatable bonds is 10. The Morgan fingerprint density at radius 1 is 1.21 bits per heavy atom. The molecule has 0 saturated heterocycles. The number of carbonyl (C=O) groups excluding carboxylic acids is 4. The molecule has 10 nitrogen and oxygen atoms in total. The number of ether oxygens (including phenoxy) is 2. The summed E-state index contributed by atoms with van der Waals surface area (Å²) in [6, 6.07) is 4.53. The molecule has 1 aromatic rings. The third-order valence-corrected chi connectivity index (χ3v) is 4.93. The third kappa shape index (κ3) is 8.29. The molecule has 34 heavy (non-hydrogen) atoms. The fourth-order valence-electron chi connectivity index (χ4n) is 3.05. The van der Waals surface area contributed by atoms with Crippen LogP contribution in [0.1, 0.15) is 48.5 Å². The van der Waals surface area contributed by atoms with Gasteiger partial charge in [0.25, 0.3) is 0 Å². The molecular weight excluding hydrogens is 457 g/mol. The minimum atomic E-state index is -2.99. The largest absolute Gasteiger partial charge is 0.547 e. The van der Waals surface area contributed by atoms with Crippen LogP contribution in [-0.4, -0.2) is 73.5 Å². The number of halogens is 2. The summed E-state index contributed by atoms with van der Waals surface area (Å²) in [7, 11) is 1.58. The molecule has 1 aromatic carbocycles. The van der Waals surface area contributed by atoms with Crippen molar-refractivity contribution in [1.82, 2.24) is 10.2 Å². The van der Waals surface area contributed by atoms with Gasteiger partial charge in [-0.05, 0) is 25.0 Å². The topological polar surface area (TPSA) is 131 Å². The maximum Gasteiger partial charge on any atom is 0.547 e. The van der Waals surface area contributed by atoms with Gasteiger partial charge < -0.3 is 29.4 Å². The smallest absolute Gasteiger partial charge is 0.534 e. The van der Waals surface area contributed by atoms with Crippen molar-refractivity contribution >= 4 is 30.9 Å². The Morgan fingerprint density at radius 2 is 1.91 bits per heavy atom. The number of para-hydroxylation sites is 1. The van der Waals surface area contributed by atoms with E-state index in [9.17, 15) is 33.0 Å². The van der Waals surface area contributed by atoms with Crippen LogP contribution in [0.3, 0.4) is 0 Å². The molecule has 1 aliphatic heterocycles. The molecule has 0 fully saturated rings. The number of nitrogens with one attached hydrogen (secondary N) is 1. The summed E-state index contributed by atoms with van der Waals surface area (Å²) in [5.74, 6) is -6.37. The number of hydrogen-bond donors (Lipinski definition) is 2. The molecule has 0 saturated carbocycles. The molecule has 0 unspecified atom stereocenters. The van der Waals surface area contributed by atoms with Gasteiger partial charge in [0.15, 0.2) is 0 Å². The number of hydrogen-bond acceptors (Lipinski definition) is 8. The van der Waals surface area contributed by atoms with Crippen molar-refractivity contribution in [2.45, 2.75) is 50.9 Å². The van der Waals surface area contributed by atoms with E-state index in [4.69, 9.17) is 14.1 Å². The van der Waals surface area contributed by atoms with E-state index < -0.39 is 56.5 Å². The van der Waals surface area contributed by atoms with E-state index in [2.05, 4.69) is 5.32 Å². The molecule has 0 aliphatic carbocycles. The quantitative estimate of drug-likeness (QED) is 0.287. The Labute approximate surface area is 195 Å². The summed E-state index contributed by atoms with van der Waals surface area (Å²) in [4.78, 5) is 48.8. The highest BCUT2D eigenvalue weighted by Crippen LogP contribution is 2.30.